The Hall–Kier alpha value is -3.22. The predicted octanol–water partition coefficient (Wildman–Crippen LogP) is 4.71. The first-order valence-electron chi connectivity index (χ1n) is 10.6. The second kappa shape index (κ2) is 8.13. The van der Waals surface area contributed by atoms with Crippen molar-refractivity contribution in [3.8, 4) is 11.1 Å². The van der Waals surface area contributed by atoms with Gasteiger partial charge in [0.25, 0.3) is 5.91 Å². The second-order valence-corrected chi connectivity index (χ2v) is 8.22. The van der Waals surface area contributed by atoms with Crippen LogP contribution >= 0.6 is 0 Å². The summed E-state index contributed by atoms with van der Waals surface area (Å²) in [4.78, 5) is 28.1. The third kappa shape index (κ3) is 3.92. The van der Waals surface area contributed by atoms with Crippen molar-refractivity contribution in [2.75, 3.05) is 13.1 Å². The summed E-state index contributed by atoms with van der Waals surface area (Å²) in [6.45, 7) is 0.833. The van der Waals surface area contributed by atoms with E-state index >= 15 is 0 Å². The Balaban J connectivity index is 1.48. The first-order valence-corrected chi connectivity index (χ1v) is 10.6. The van der Waals surface area contributed by atoms with Crippen molar-refractivity contribution in [3.05, 3.63) is 77.6 Å². The molecule has 158 valence electrons. The number of carbonyl (C=O) groups is 1. The van der Waals surface area contributed by atoms with Gasteiger partial charge in [-0.15, -0.1) is 0 Å². The highest BCUT2D eigenvalue weighted by Crippen LogP contribution is 2.40. The van der Waals surface area contributed by atoms with Gasteiger partial charge in [0.1, 0.15) is 23.0 Å². The lowest BCUT2D eigenvalue weighted by atomic mass is 9.89. The maximum absolute atomic E-state index is 14.2. The molecule has 0 spiro atoms. The monoisotopic (exact) mass is 420 g/mol. The number of nitrogens with zero attached hydrogens (tertiary/aromatic N) is 4. The minimum Gasteiger partial charge on any atom is -0.338 e. The van der Waals surface area contributed by atoms with E-state index in [1.807, 2.05) is 18.3 Å². The van der Waals surface area contributed by atoms with Gasteiger partial charge in [-0.25, -0.2) is 18.7 Å². The van der Waals surface area contributed by atoms with Crippen molar-refractivity contribution in [2.45, 2.75) is 37.5 Å². The molecule has 1 saturated carbocycles. The predicted molar refractivity (Wildman–Crippen MR) is 111 cm³/mol. The van der Waals surface area contributed by atoms with Crippen LogP contribution in [0.4, 0.5) is 8.78 Å². The molecule has 1 aliphatic heterocycles. The lowest BCUT2D eigenvalue weighted by molar-refractivity contribution is 0.0696. The Labute approximate surface area is 179 Å². The van der Waals surface area contributed by atoms with Crippen LogP contribution in [0.3, 0.4) is 0 Å². The van der Waals surface area contributed by atoms with E-state index in [0.717, 1.165) is 60.5 Å². The maximum Gasteiger partial charge on any atom is 0.259 e. The summed E-state index contributed by atoms with van der Waals surface area (Å²) in [6.07, 6.45) is 9.10. The van der Waals surface area contributed by atoms with Gasteiger partial charge >= 0.3 is 0 Å². The molecule has 2 aromatic heterocycles. The summed E-state index contributed by atoms with van der Waals surface area (Å²) < 4.78 is 28.4. The second-order valence-electron chi connectivity index (χ2n) is 8.22. The van der Waals surface area contributed by atoms with Gasteiger partial charge in [0.15, 0.2) is 0 Å². The van der Waals surface area contributed by atoms with Crippen LogP contribution in [0, 0.1) is 11.6 Å². The third-order valence-electron chi connectivity index (χ3n) is 6.04. The fraction of sp³-hybridized carbons (Fsp3) is 0.333. The minimum atomic E-state index is -0.831. The summed E-state index contributed by atoms with van der Waals surface area (Å²) in [5.74, 6) is -1.06. The van der Waals surface area contributed by atoms with Gasteiger partial charge in [0.2, 0.25) is 0 Å². The Morgan fingerprint density at radius 3 is 2.45 bits per heavy atom. The summed E-state index contributed by atoms with van der Waals surface area (Å²) in [5.41, 5.74) is 2.30. The van der Waals surface area contributed by atoms with E-state index in [1.54, 1.807) is 17.3 Å². The average molecular weight is 420 g/mol. The first-order chi connectivity index (χ1) is 15.1. The molecule has 1 atom stereocenters. The van der Waals surface area contributed by atoms with Crippen LogP contribution in [0.25, 0.3) is 11.1 Å². The molecule has 5 rings (SSSR count). The Morgan fingerprint density at radius 1 is 1.00 bits per heavy atom. The number of benzene rings is 1. The first kappa shape index (κ1) is 19.7. The molecule has 0 radical (unpaired) electrons. The van der Waals surface area contributed by atoms with Gasteiger partial charge in [-0.3, -0.25) is 9.78 Å². The molecule has 7 heteroatoms. The van der Waals surface area contributed by atoms with E-state index in [2.05, 4.69) is 9.97 Å². The van der Waals surface area contributed by atoms with Gasteiger partial charge < -0.3 is 4.90 Å². The lowest BCUT2D eigenvalue weighted by Crippen LogP contribution is -2.40. The van der Waals surface area contributed by atoms with Crippen LogP contribution in [-0.2, 0) is 0 Å². The molecular weight excluding hydrogens is 398 g/mol. The van der Waals surface area contributed by atoms with Crippen molar-refractivity contribution < 1.29 is 13.6 Å². The molecule has 1 aromatic carbocycles. The molecule has 2 aliphatic rings. The fourth-order valence-electron chi connectivity index (χ4n) is 4.26. The number of hydrogen-bond acceptors (Lipinski definition) is 4. The zero-order valence-electron chi connectivity index (χ0n) is 17.0. The van der Waals surface area contributed by atoms with Crippen LogP contribution in [0.1, 0.15) is 59.4 Å². The minimum absolute atomic E-state index is 0.0313. The number of aromatic nitrogens is 3. The lowest BCUT2D eigenvalue weighted by Gasteiger charge is -2.33. The Kier molecular flexibility index (Phi) is 5.18. The zero-order chi connectivity index (χ0) is 21.4. The SMILES string of the molecule is O=C(c1c(F)cccc1F)N1CCCC(c2nc(C3CC3)ncc2-c2ccncc2)C1. The molecule has 1 unspecified atom stereocenters. The average Bonchev–Trinajstić information content (AvgIpc) is 3.65. The normalized spacial score (nSPS) is 18.8. The summed E-state index contributed by atoms with van der Waals surface area (Å²) in [7, 11) is 0. The Morgan fingerprint density at radius 2 is 1.74 bits per heavy atom. The number of piperidine rings is 1. The molecule has 1 saturated heterocycles. The van der Waals surface area contributed by atoms with Crippen molar-refractivity contribution in [3.63, 3.8) is 0 Å². The highest BCUT2D eigenvalue weighted by atomic mass is 19.1. The summed E-state index contributed by atoms with van der Waals surface area (Å²) in [5, 5.41) is 0. The van der Waals surface area contributed by atoms with Crippen molar-refractivity contribution in [2.24, 2.45) is 0 Å². The van der Waals surface area contributed by atoms with Gasteiger partial charge in [-0.05, 0) is 55.5 Å². The number of carbonyl (C=O) groups excluding carboxylic acids is 1. The molecule has 1 amide bonds. The zero-order valence-corrected chi connectivity index (χ0v) is 17.0. The molecule has 0 bridgehead atoms. The van der Waals surface area contributed by atoms with Crippen LogP contribution in [0.2, 0.25) is 0 Å². The van der Waals surface area contributed by atoms with Crippen LogP contribution in [-0.4, -0.2) is 38.8 Å². The molecular formula is C24H22F2N4O. The highest BCUT2D eigenvalue weighted by molar-refractivity contribution is 5.95. The van der Waals surface area contributed by atoms with E-state index in [-0.39, 0.29) is 5.92 Å². The topological polar surface area (TPSA) is 59.0 Å². The summed E-state index contributed by atoms with van der Waals surface area (Å²) in [6, 6.07) is 7.33. The molecule has 3 aromatic rings. The molecule has 5 nitrogen and oxygen atoms in total. The molecule has 2 fully saturated rings. The van der Waals surface area contributed by atoms with E-state index in [1.165, 1.54) is 6.07 Å². The number of halogens is 2. The Bertz CT molecular complexity index is 1100. The van der Waals surface area contributed by atoms with Crippen LogP contribution in [0.15, 0.2) is 48.9 Å². The van der Waals surface area contributed by atoms with E-state index in [0.29, 0.717) is 19.0 Å². The number of pyridine rings is 1. The molecule has 31 heavy (non-hydrogen) atoms. The molecule has 3 heterocycles. The standard InChI is InChI=1S/C24H22F2N4O/c25-19-4-1-5-20(26)21(19)24(31)30-12-2-3-17(14-30)22-18(15-8-10-27-11-9-15)13-28-23(29-22)16-6-7-16/h1,4-5,8-11,13,16-17H,2-3,6-7,12,14H2. The number of rotatable bonds is 4. The van der Waals surface area contributed by atoms with Crippen LogP contribution in [0.5, 0.6) is 0 Å². The van der Waals surface area contributed by atoms with E-state index in [9.17, 15) is 13.6 Å². The van der Waals surface area contributed by atoms with E-state index in [4.69, 9.17) is 4.98 Å². The van der Waals surface area contributed by atoms with Gasteiger partial charge in [-0.2, -0.15) is 0 Å². The third-order valence-corrected chi connectivity index (χ3v) is 6.04. The quantitative estimate of drug-likeness (QED) is 0.613. The van der Waals surface area contributed by atoms with Gasteiger partial charge in [0, 0.05) is 49.1 Å². The van der Waals surface area contributed by atoms with Crippen molar-refractivity contribution in [1.29, 1.82) is 0 Å². The summed E-state index contributed by atoms with van der Waals surface area (Å²) >= 11 is 0. The number of likely N-dealkylation sites (tertiary alicyclic amines) is 1. The maximum atomic E-state index is 14.2. The fourth-order valence-corrected chi connectivity index (χ4v) is 4.26. The van der Waals surface area contributed by atoms with Gasteiger partial charge in [0.05, 0.1) is 5.69 Å². The number of hydrogen-bond donors (Lipinski definition) is 0. The smallest absolute Gasteiger partial charge is 0.259 e. The highest BCUT2D eigenvalue weighted by Gasteiger charge is 2.33. The van der Waals surface area contributed by atoms with E-state index < -0.39 is 23.1 Å². The largest absolute Gasteiger partial charge is 0.338 e. The van der Waals surface area contributed by atoms with Crippen molar-refractivity contribution in [1.82, 2.24) is 19.9 Å². The number of amides is 1. The van der Waals surface area contributed by atoms with Crippen LogP contribution < -0.4 is 0 Å². The van der Waals surface area contributed by atoms with Gasteiger partial charge in [-0.1, -0.05) is 6.07 Å². The molecule has 0 N–H and O–H groups in total. The van der Waals surface area contributed by atoms with Crippen molar-refractivity contribution >= 4 is 5.91 Å². The molecule has 1 aliphatic carbocycles.